The zero-order valence-electron chi connectivity index (χ0n) is 14.2. The number of nitrogens with one attached hydrogen (secondary N) is 1. The maximum Gasteiger partial charge on any atom is 0.215 e. The molecule has 0 aliphatic heterocycles. The van der Waals surface area contributed by atoms with Gasteiger partial charge in [0.25, 0.3) is 0 Å². The zero-order valence-corrected chi connectivity index (χ0v) is 15.0. The SMILES string of the molecule is Cc1cccc(CS(=O)(=O)NCC(C)(O)c2cc3ccccc3o2)c1. The van der Waals surface area contributed by atoms with Gasteiger partial charge in [0.15, 0.2) is 0 Å². The Kier molecular flexibility index (Phi) is 4.69. The topological polar surface area (TPSA) is 79.5 Å². The Balaban J connectivity index is 1.72. The van der Waals surface area contributed by atoms with E-state index in [1.54, 1.807) is 18.2 Å². The molecule has 0 saturated carbocycles. The van der Waals surface area contributed by atoms with Crippen molar-refractivity contribution in [2.24, 2.45) is 0 Å². The van der Waals surface area contributed by atoms with Gasteiger partial charge < -0.3 is 9.52 Å². The van der Waals surface area contributed by atoms with E-state index < -0.39 is 15.6 Å². The molecule has 1 atom stereocenters. The van der Waals surface area contributed by atoms with E-state index >= 15 is 0 Å². The third kappa shape index (κ3) is 4.28. The van der Waals surface area contributed by atoms with Crippen molar-refractivity contribution >= 4 is 21.0 Å². The molecule has 25 heavy (non-hydrogen) atoms. The highest BCUT2D eigenvalue weighted by molar-refractivity contribution is 7.88. The summed E-state index contributed by atoms with van der Waals surface area (Å²) in [6.07, 6.45) is 0. The lowest BCUT2D eigenvalue weighted by Gasteiger charge is -2.21. The molecule has 0 radical (unpaired) electrons. The van der Waals surface area contributed by atoms with Crippen molar-refractivity contribution in [2.75, 3.05) is 6.54 Å². The molecule has 1 unspecified atom stereocenters. The summed E-state index contributed by atoms with van der Waals surface area (Å²) in [5, 5.41) is 11.5. The molecule has 2 N–H and O–H groups in total. The Morgan fingerprint density at radius 2 is 1.88 bits per heavy atom. The van der Waals surface area contributed by atoms with Crippen LogP contribution in [0.15, 0.2) is 59.0 Å². The van der Waals surface area contributed by atoms with Gasteiger partial charge >= 0.3 is 0 Å². The Morgan fingerprint density at radius 3 is 2.60 bits per heavy atom. The third-order valence-electron chi connectivity index (χ3n) is 4.03. The van der Waals surface area contributed by atoms with Crippen LogP contribution in [0.25, 0.3) is 11.0 Å². The maximum absolute atomic E-state index is 12.3. The summed E-state index contributed by atoms with van der Waals surface area (Å²) in [6.45, 7) is 3.27. The van der Waals surface area contributed by atoms with Crippen molar-refractivity contribution in [1.82, 2.24) is 4.72 Å². The molecule has 1 aromatic heterocycles. The molecule has 0 aliphatic carbocycles. The monoisotopic (exact) mass is 359 g/mol. The number of para-hydroxylation sites is 1. The van der Waals surface area contributed by atoms with Crippen LogP contribution in [0.3, 0.4) is 0 Å². The average molecular weight is 359 g/mol. The van der Waals surface area contributed by atoms with Crippen LogP contribution >= 0.6 is 0 Å². The lowest BCUT2D eigenvalue weighted by atomic mass is 10.0. The highest BCUT2D eigenvalue weighted by Crippen LogP contribution is 2.27. The van der Waals surface area contributed by atoms with E-state index in [4.69, 9.17) is 4.42 Å². The number of aliphatic hydroxyl groups is 1. The van der Waals surface area contributed by atoms with Gasteiger partial charge in [-0.2, -0.15) is 0 Å². The Morgan fingerprint density at radius 1 is 1.12 bits per heavy atom. The Bertz CT molecular complexity index is 956. The lowest BCUT2D eigenvalue weighted by Crippen LogP contribution is -2.38. The fourth-order valence-electron chi connectivity index (χ4n) is 2.66. The van der Waals surface area contributed by atoms with Crippen LogP contribution < -0.4 is 4.72 Å². The van der Waals surface area contributed by atoms with Gasteiger partial charge in [0.2, 0.25) is 10.0 Å². The summed E-state index contributed by atoms with van der Waals surface area (Å²) in [6, 6.07) is 16.5. The van der Waals surface area contributed by atoms with E-state index in [0.717, 1.165) is 10.9 Å². The molecule has 0 amide bonds. The summed E-state index contributed by atoms with van der Waals surface area (Å²) < 4.78 is 32.7. The molecule has 1 heterocycles. The van der Waals surface area contributed by atoms with Crippen molar-refractivity contribution in [3.05, 3.63) is 71.5 Å². The van der Waals surface area contributed by atoms with Crippen LogP contribution in [0.4, 0.5) is 0 Å². The standard InChI is InChI=1S/C19H21NO4S/c1-14-6-5-7-15(10-14)12-25(22,23)20-13-19(2,21)18-11-16-8-3-4-9-17(16)24-18/h3-11,20-21H,12-13H2,1-2H3. The van der Waals surface area contributed by atoms with Crippen LogP contribution in [-0.2, 0) is 21.4 Å². The fraction of sp³-hybridized carbons (Fsp3) is 0.263. The van der Waals surface area contributed by atoms with Crippen molar-refractivity contribution < 1.29 is 17.9 Å². The first kappa shape index (κ1) is 17.7. The van der Waals surface area contributed by atoms with E-state index in [1.165, 1.54) is 6.92 Å². The molecule has 0 saturated heterocycles. The number of aryl methyl sites for hydroxylation is 1. The van der Waals surface area contributed by atoms with E-state index in [2.05, 4.69) is 4.72 Å². The molecule has 6 heteroatoms. The summed E-state index contributed by atoms with van der Waals surface area (Å²) in [7, 11) is -3.57. The molecular formula is C19H21NO4S. The molecule has 0 bridgehead atoms. The van der Waals surface area contributed by atoms with Gasteiger partial charge in [-0.3, -0.25) is 0 Å². The Labute approximate surface area is 147 Å². The van der Waals surface area contributed by atoms with Crippen molar-refractivity contribution in [1.29, 1.82) is 0 Å². The third-order valence-corrected chi connectivity index (χ3v) is 5.33. The molecule has 5 nitrogen and oxygen atoms in total. The van der Waals surface area contributed by atoms with E-state index in [0.29, 0.717) is 16.9 Å². The van der Waals surface area contributed by atoms with Crippen LogP contribution in [0, 0.1) is 6.92 Å². The van der Waals surface area contributed by atoms with Crippen molar-refractivity contribution in [3.8, 4) is 0 Å². The number of rotatable bonds is 6. The minimum atomic E-state index is -3.57. The molecule has 3 aromatic rings. The molecule has 0 fully saturated rings. The van der Waals surface area contributed by atoms with Crippen LogP contribution in [0.5, 0.6) is 0 Å². The van der Waals surface area contributed by atoms with Gasteiger partial charge in [-0.15, -0.1) is 0 Å². The van der Waals surface area contributed by atoms with E-state index in [-0.39, 0.29) is 12.3 Å². The van der Waals surface area contributed by atoms with Crippen molar-refractivity contribution in [3.63, 3.8) is 0 Å². The highest BCUT2D eigenvalue weighted by atomic mass is 32.2. The predicted octanol–water partition coefficient (Wildman–Crippen LogP) is 3.07. The number of sulfonamides is 1. The number of furan rings is 1. The summed E-state index contributed by atoms with van der Waals surface area (Å²) >= 11 is 0. The van der Waals surface area contributed by atoms with Gasteiger partial charge in [0.05, 0.1) is 5.75 Å². The second-order valence-electron chi connectivity index (χ2n) is 6.49. The minimum Gasteiger partial charge on any atom is -0.458 e. The first-order chi connectivity index (χ1) is 11.8. The van der Waals surface area contributed by atoms with Crippen molar-refractivity contribution in [2.45, 2.75) is 25.2 Å². The summed E-state index contributed by atoms with van der Waals surface area (Å²) in [5.74, 6) is 0.192. The molecule has 132 valence electrons. The number of hydrogen-bond donors (Lipinski definition) is 2. The van der Waals surface area contributed by atoms with Gasteiger partial charge in [0.1, 0.15) is 16.9 Å². The second kappa shape index (κ2) is 6.63. The van der Waals surface area contributed by atoms with Gasteiger partial charge in [0, 0.05) is 11.9 Å². The summed E-state index contributed by atoms with van der Waals surface area (Å²) in [5.41, 5.74) is 0.914. The average Bonchev–Trinajstić information content (AvgIpc) is 2.98. The largest absolute Gasteiger partial charge is 0.458 e. The molecular weight excluding hydrogens is 338 g/mol. The molecule has 3 rings (SSSR count). The van der Waals surface area contributed by atoms with Gasteiger partial charge in [-0.1, -0.05) is 48.0 Å². The Hall–Kier alpha value is -2.15. The second-order valence-corrected chi connectivity index (χ2v) is 8.30. The molecule has 2 aromatic carbocycles. The van der Waals surface area contributed by atoms with Gasteiger partial charge in [-0.25, -0.2) is 13.1 Å². The van der Waals surface area contributed by atoms with Gasteiger partial charge in [-0.05, 0) is 31.5 Å². The quantitative estimate of drug-likeness (QED) is 0.709. The number of benzene rings is 2. The fourth-order valence-corrected chi connectivity index (χ4v) is 3.88. The van der Waals surface area contributed by atoms with Crippen LogP contribution in [0.1, 0.15) is 23.8 Å². The number of fused-ring (bicyclic) bond motifs is 1. The normalized spacial score (nSPS) is 14.5. The predicted molar refractivity (Wildman–Crippen MR) is 97.6 cm³/mol. The molecule has 0 spiro atoms. The lowest BCUT2D eigenvalue weighted by molar-refractivity contribution is 0.0411. The van der Waals surface area contributed by atoms with Crippen LogP contribution in [-0.4, -0.2) is 20.1 Å². The van der Waals surface area contributed by atoms with E-state index in [9.17, 15) is 13.5 Å². The molecule has 0 aliphatic rings. The first-order valence-corrected chi connectivity index (χ1v) is 9.65. The first-order valence-electron chi connectivity index (χ1n) is 7.99. The summed E-state index contributed by atoms with van der Waals surface area (Å²) in [4.78, 5) is 0. The smallest absolute Gasteiger partial charge is 0.215 e. The zero-order chi connectivity index (χ0) is 18.1. The maximum atomic E-state index is 12.3. The van der Waals surface area contributed by atoms with Crippen LogP contribution in [0.2, 0.25) is 0 Å². The number of hydrogen-bond acceptors (Lipinski definition) is 4. The highest BCUT2D eigenvalue weighted by Gasteiger charge is 2.29. The minimum absolute atomic E-state index is 0.134. The van der Waals surface area contributed by atoms with E-state index in [1.807, 2.05) is 43.3 Å².